The molecule has 2 atom stereocenters. The van der Waals surface area contributed by atoms with E-state index in [1.54, 1.807) is 0 Å². The SMILES string of the molecule is N[C@@H]1C=C[C@H](n2cc(I)c3c(Cl)ncnc32)C1. The summed E-state index contributed by atoms with van der Waals surface area (Å²) in [5.41, 5.74) is 6.76. The van der Waals surface area contributed by atoms with Crippen molar-refractivity contribution in [2.24, 2.45) is 5.73 Å². The summed E-state index contributed by atoms with van der Waals surface area (Å²) in [7, 11) is 0. The van der Waals surface area contributed by atoms with Crippen molar-refractivity contribution in [3.05, 3.63) is 33.4 Å². The molecule has 0 bridgehead atoms. The molecule has 0 amide bonds. The number of fused-ring (bicyclic) bond motifs is 1. The topological polar surface area (TPSA) is 56.7 Å². The highest BCUT2D eigenvalue weighted by atomic mass is 127. The van der Waals surface area contributed by atoms with Crippen LogP contribution in [0.3, 0.4) is 0 Å². The van der Waals surface area contributed by atoms with Gasteiger partial charge in [0.2, 0.25) is 0 Å². The maximum atomic E-state index is 6.10. The van der Waals surface area contributed by atoms with Crippen LogP contribution in [0.25, 0.3) is 11.0 Å². The molecule has 17 heavy (non-hydrogen) atoms. The predicted molar refractivity (Wildman–Crippen MR) is 76.0 cm³/mol. The Labute approximate surface area is 117 Å². The molecule has 1 aliphatic carbocycles. The first kappa shape index (κ1) is 11.4. The molecule has 4 nitrogen and oxygen atoms in total. The van der Waals surface area contributed by atoms with Crippen LogP contribution in [0.1, 0.15) is 12.5 Å². The molecule has 1 aliphatic rings. The molecule has 2 aromatic rings. The molecule has 0 saturated heterocycles. The summed E-state index contributed by atoms with van der Waals surface area (Å²) in [5.74, 6) is 0. The van der Waals surface area contributed by atoms with Crippen molar-refractivity contribution >= 4 is 45.2 Å². The number of hydrogen-bond donors (Lipinski definition) is 1. The van der Waals surface area contributed by atoms with Crippen LogP contribution in [-0.2, 0) is 0 Å². The van der Waals surface area contributed by atoms with Gasteiger partial charge in [-0.2, -0.15) is 0 Å². The molecule has 88 valence electrons. The van der Waals surface area contributed by atoms with Crippen LogP contribution < -0.4 is 5.73 Å². The number of nitrogens with two attached hydrogens (primary N) is 1. The van der Waals surface area contributed by atoms with Crippen molar-refractivity contribution in [3.8, 4) is 0 Å². The van der Waals surface area contributed by atoms with Crippen LogP contribution in [-0.4, -0.2) is 20.6 Å². The normalized spacial score (nSPS) is 23.7. The Bertz CT molecular complexity index is 607. The Morgan fingerprint density at radius 3 is 2.94 bits per heavy atom. The second-order valence-electron chi connectivity index (χ2n) is 4.10. The Kier molecular flexibility index (Phi) is 2.84. The van der Waals surface area contributed by atoms with Gasteiger partial charge in [0.15, 0.2) is 0 Å². The standard InChI is InChI=1S/C11H10ClIN4/c12-10-9-8(13)4-17(11(9)16-5-15-10)7-2-1-6(14)3-7/h1-2,4-7H,3,14H2/t6-,7+/m1/s1. The maximum Gasteiger partial charge on any atom is 0.146 e. The van der Waals surface area contributed by atoms with E-state index in [9.17, 15) is 0 Å². The van der Waals surface area contributed by atoms with Crippen LogP contribution in [0.15, 0.2) is 24.7 Å². The summed E-state index contributed by atoms with van der Waals surface area (Å²) >= 11 is 8.35. The molecule has 0 unspecified atom stereocenters. The zero-order chi connectivity index (χ0) is 12.0. The van der Waals surface area contributed by atoms with E-state index in [-0.39, 0.29) is 12.1 Å². The summed E-state index contributed by atoms with van der Waals surface area (Å²) in [5, 5.41) is 1.42. The van der Waals surface area contributed by atoms with E-state index in [0.717, 1.165) is 21.0 Å². The Morgan fingerprint density at radius 1 is 1.41 bits per heavy atom. The molecule has 0 saturated carbocycles. The summed E-state index contributed by atoms with van der Waals surface area (Å²) in [4.78, 5) is 8.34. The third-order valence-electron chi connectivity index (χ3n) is 2.97. The van der Waals surface area contributed by atoms with Crippen LogP contribution in [0.4, 0.5) is 0 Å². The van der Waals surface area contributed by atoms with Gasteiger partial charge in [0.05, 0.1) is 11.4 Å². The van der Waals surface area contributed by atoms with Gasteiger partial charge in [-0.3, -0.25) is 0 Å². The average molecular weight is 361 g/mol. The lowest BCUT2D eigenvalue weighted by molar-refractivity contribution is 0.572. The van der Waals surface area contributed by atoms with Crippen molar-refractivity contribution in [3.63, 3.8) is 0 Å². The molecule has 0 aromatic carbocycles. The van der Waals surface area contributed by atoms with Crippen LogP contribution in [0.5, 0.6) is 0 Å². The molecule has 0 spiro atoms. The highest BCUT2D eigenvalue weighted by Crippen LogP contribution is 2.32. The number of allylic oxidation sites excluding steroid dienone is 1. The van der Waals surface area contributed by atoms with Crippen LogP contribution >= 0.6 is 34.2 Å². The van der Waals surface area contributed by atoms with Gasteiger partial charge in [-0.05, 0) is 29.0 Å². The fourth-order valence-electron chi connectivity index (χ4n) is 2.17. The van der Waals surface area contributed by atoms with E-state index >= 15 is 0 Å². The van der Waals surface area contributed by atoms with E-state index in [4.69, 9.17) is 17.3 Å². The fourth-order valence-corrected chi connectivity index (χ4v) is 3.36. The van der Waals surface area contributed by atoms with Crippen molar-refractivity contribution in [2.75, 3.05) is 0 Å². The van der Waals surface area contributed by atoms with Gasteiger partial charge in [0, 0.05) is 15.8 Å². The maximum absolute atomic E-state index is 6.10. The van der Waals surface area contributed by atoms with Gasteiger partial charge in [-0.25, -0.2) is 9.97 Å². The Morgan fingerprint density at radius 2 is 2.24 bits per heavy atom. The molecule has 0 fully saturated rings. The first-order chi connectivity index (χ1) is 8.16. The monoisotopic (exact) mass is 360 g/mol. The smallest absolute Gasteiger partial charge is 0.146 e. The molecule has 0 radical (unpaired) electrons. The average Bonchev–Trinajstić information content (AvgIpc) is 2.84. The quantitative estimate of drug-likeness (QED) is 0.483. The molecule has 2 N–H and O–H groups in total. The minimum absolute atomic E-state index is 0.132. The van der Waals surface area contributed by atoms with E-state index in [1.165, 1.54) is 6.33 Å². The molecule has 3 rings (SSSR count). The summed E-state index contributed by atoms with van der Waals surface area (Å²) in [6.07, 6.45) is 8.61. The molecule has 2 aromatic heterocycles. The number of nitrogens with zero attached hydrogens (tertiary/aromatic N) is 3. The highest BCUT2D eigenvalue weighted by molar-refractivity contribution is 14.1. The number of rotatable bonds is 1. The lowest BCUT2D eigenvalue weighted by atomic mass is 10.2. The van der Waals surface area contributed by atoms with E-state index in [2.05, 4.69) is 49.4 Å². The Hall–Kier alpha value is -0.660. The first-order valence-corrected chi connectivity index (χ1v) is 6.73. The van der Waals surface area contributed by atoms with Gasteiger partial charge in [-0.15, -0.1) is 0 Å². The second kappa shape index (κ2) is 4.22. The summed E-state index contributed by atoms with van der Waals surface area (Å²) in [6.45, 7) is 0. The molecular formula is C11H10ClIN4. The van der Waals surface area contributed by atoms with Crippen molar-refractivity contribution < 1.29 is 0 Å². The van der Waals surface area contributed by atoms with E-state index in [1.807, 2.05) is 6.08 Å². The largest absolute Gasteiger partial charge is 0.324 e. The third-order valence-corrected chi connectivity index (χ3v) is 4.07. The minimum Gasteiger partial charge on any atom is -0.324 e. The fraction of sp³-hybridized carbons (Fsp3) is 0.273. The molecule has 0 aliphatic heterocycles. The van der Waals surface area contributed by atoms with E-state index < -0.39 is 0 Å². The van der Waals surface area contributed by atoms with E-state index in [0.29, 0.717) is 5.15 Å². The van der Waals surface area contributed by atoms with Gasteiger partial charge >= 0.3 is 0 Å². The predicted octanol–water partition coefficient (Wildman–Crippen LogP) is 2.52. The highest BCUT2D eigenvalue weighted by Gasteiger charge is 2.21. The van der Waals surface area contributed by atoms with Crippen molar-refractivity contribution in [1.29, 1.82) is 0 Å². The van der Waals surface area contributed by atoms with Crippen LogP contribution in [0.2, 0.25) is 5.15 Å². The second-order valence-corrected chi connectivity index (χ2v) is 5.62. The minimum atomic E-state index is 0.132. The number of hydrogen-bond acceptors (Lipinski definition) is 3. The molecule has 6 heteroatoms. The van der Waals surface area contributed by atoms with Crippen molar-refractivity contribution in [1.82, 2.24) is 14.5 Å². The van der Waals surface area contributed by atoms with Crippen LogP contribution in [0, 0.1) is 3.57 Å². The molecule has 2 heterocycles. The third kappa shape index (κ3) is 1.86. The lowest BCUT2D eigenvalue weighted by Crippen LogP contribution is -2.16. The first-order valence-electron chi connectivity index (χ1n) is 5.27. The van der Waals surface area contributed by atoms with Crippen molar-refractivity contribution in [2.45, 2.75) is 18.5 Å². The lowest BCUT2D eigenvalue weighted by Gasteiger charge is -2.12. The number of halogens is 2. The number of aromatic nitrogens is 3. The Balaban J connectivity index is 2.18. The van der Waals surface area contributed by atoms with Gasteiger partial charge in [-0.1, -0.05) is 23.8 Å². The summed E-state index contributed by atoms with van der Waals surface area (Å²) in [6, 6.07) is 0.398. The molecular weight excluding hydrogens is 351 g/mol. The van der Waals surface area contributed by atoms with Gasteiger partial charge in [0.25, 0.3) is 0 Å². The summed E-state index contributed by atoms with van der Waals surface area (Å²) < 4.78 is 3.19. The van der Waals surface area contributed by atoms with Gasteiger partial charge < -0.3 is 10.3 Å². The zero-order valence-electron chi connectivity index (χ0n) is 8.85. The zero-order valence-corrected chi connectivity index (χ0v) is 11.8. The van der Waals surface area contributed by atoms with Gasteiger partial charge in [0.1, 0.15) is 17.1 Å².